The molecule has 0 atom stereocenters. The van der Waals surface area contributed by atoms with Crippen LogP contribution in [0.25, 0.3) is 0 Å². The van der Waals surface area contributed by atoms with Crippen molar-refractivity contribution < 1.29 is 17.6 Å². The maximum absolute atomic E-state index is 12.3. The maximum Gasteiger partial charge on any atom is 0.194 e. The summed E-state index contributed by atoms with van der Waals surface area (Å²) in [5, 5.41) is 3.36. The predicted molar refractivity (Wildman–Crippen MR) is 103 cm³/mol. The summed E-state index contributed by atoms with van der Waals surface area (Å²) < 4.78 is 34.5. The van der Waals surface area contributed by atoms with E-state index < -0.39 is 14.6 Å². The molecule has 2 heterocycles. The average molecular weight is 386 g/mol. The van der Waals surface area contributed by atoms with E-state index in [2.05, 4.69) is 10.3 Å². The Bertz CT molecular complexity index is 669. The molecular weight excluding hydrogens is 354 g/mol. The smallest absolute Gasteiger partial charge is 0.194 e. The minimum absolute atomic E-state index is 0.151. The standard InChI is InChI=1S/C18H31N3O4S/c1-4-24-12-6-9-19-17(20-10-8-16-7-5-13-25-16)21-11-14-26(22,23)18(2,3)15-21/h5,7,13H,4,6,8-12,14-15H2,1-3H3,(H,19,20). The van der Waals surface area contributed by atoms with E-state index >= 15 is 0 Å². The van der Waals surface area contributed by atoms with Crippen LogP contribution >= 0.6 is 0 Å². The normalized spacial score (nSPS) is 19.5. The predicted octanol–water partition coefficient (Wildman–Crippen LogP) is 1.70. The summed E-state index contributed by atoms with van der Waals surface area (Å²) >= 11 is 0. The van der Waals surface area contributed by atoms with Crippen LogP contribution in [0.15, 0.2) is 27.8 Å². The van der Waals surface area contributed by atoms with E-state index in [-0.39, 0.29) is 5.75 Å². The number of guanidine groups is 1. The van der Waals surface area contributed by atoms with E-state index in [0.29, 0.717) is 39.4 Å². The zero-order valence-electron chi connectivity index (χ0n) is 16.0. The molecule has 1 aliphatic heterocycles. The second-order valence-corrected chi connectivity index (χ2v) is 9.75. The van der Waals surface area contributed by atoms with Gasteiger partial charge in [-0.05, 0) is 39.3 Å². The van der Waals surface area contributed by atoms with Crippen LogP contribution < -0.4 is 5.32 Å². The van der Waals surface area contributed by atoms with Gasteiger partial charge in [0, 0.05) is 45.8 Å². The summed E-state index contributed by atoms with van der Waals surface area (Å²) in [5.74, 6) is 1.82. The Kier molecular flexibility index (Phi) is 7.52. The molecule has 7 nitrogen and oxygen atoms in total. The molecule has 1 N–H and O–H groups in total. The summed E-state index contributed by atoms with van der Waals surface area (Å²) in [6, 6.07) is 3.81. The highest BCUT2D eigenvalue weighted by Gasteiger charge is 2.40. The lowest BCUT2D eigenvalue weighted by Gasteiger charge is -2.39. The zero-order chi connectivity index (χ0) is 19.0. The van der Waals surface area contributed by atoms with Gasteiger partial charge < -0.3 is 19.4 Å². The van der Waals surface area contributed by atoms with Crippen LogP contribution in [0, 0.1) is 0 Å². The summed E-state index contributed by atoms with van der Waals surface area (Å²) in [5.41, 5.74) is 0. The van der Waals surface area contributed by atoms with E-state index in [1.54, 1.807) is 20.1 Å². The Balaban J connectivity index is 1.98. The quantitative estimate of drug-likeness (QED) is 0.417. The number of hydrogen-bond acceptors (Lipinski definition) is 5. The SMILES string of the molecule is CCOCCCN=C(NCCc1ccco1)N1CCS(=O)(=O)C(C)(C)C1. The molecule has 0 aromatic carbocycles. The van der Waals surface area contributed by atoms with Crippen molar-refractivity contribution in [3.63, 3.8) is 0 Å². The molecule has 8 heteroatoms. The molecular formula is C18H31N3O4S. The van der Waals surface area contributed by atoms with Gasteiger partial charge in [0.25, 0.3) is 0 Å². The van der Waals surface area contributed by atoms with E-state index in [9.17, 15) is 8.42 Å². The number of hydrogen-bond donors (Lipinski definition) is 1. The van der Waals surface area contributed by atoms with Crippen LogP contribution in [-0.4, -0.2) is 69.2 Å². The van der Waals surface area contributed by atoms with Crippen molar-refractivity contribution in [2.75, 3.05) is 45.1 Å². The zero-order valence-corrected chi connectivity index (χ0v) is 16.8. The molecule has 1 fully saturated rings. The van der Waals surface area contributed by atoms with Gasteiger partial charge in [-0.1, -0.05) is 0 Å². The van der Waals surface area contributed by atoms with Gasteiger partial charge in [-0.25, -0.2) is 8.42 Å². The Morgan fingerprint density at radius 1 is 1.46 bits per heavy atom. The first-order valence-corrected chi connectivity index (χ1v) is 10.9. The molecule has 1 aliphatic rings. The second-order valence-electron chi connectivity index (χ2n) is 7.01. The molecule has 0 saturated carbocycles. The largest absolute Gasteiger partial charge is 0.469 e. The van der Waals surface area contributed by atoms with Gasteiger partial charge in [0.1, 0.15) is 5.76 Å². The molecule has 1 saturated heterocycles. The number of sulfone groups is 1. The average Bonchev–Trinajstić information content (AvgIpc) is 3.09. The van der Waals surface area contributed by atoms with Crippen molar-refractivity contribution in [2.24, 2.45) is 4.99 Å². The molecule has 1 aromatic rings. The summed E-state index contributed by atoms with van der Waals surface area (Å²) in [6.45, 7) is 9.15. The highest BCUT2D eigenvalue weighted by molar-refractivity contribution is 7.92. The van der Waals surface area contributed by atoms with Crippen molar-refractivity contribution in [2.45, 2.75) is 38.4 Å². The lowest BCUT2D eigenvalue weighted by Crippen LogP contribution is -2.57. The summed E-state index contributed by atoms with van der Waals surface area (Å²) in [4.78, 5) is 6.72. The second kappa shape index (κ2) is 9.41. The Labute approximate surface area is 156 Å². The van der Waals surface area contributed by atoms with Gasteiger partial charge in [0.2, 0.25) is 0 Å². The minimum atomic E-state index is -3.08. The van der Waals surface area contributed by atoms with Gasteiger partial charge in [-0.15, -0.1) is 0 Å². The highest BCUT2D eigenvalue weighted by Crippen LogP contribution is 2.23. The number of ether oxygens (including phenoxy) is 1. The van der Waals surface area contributed by atoms with Crippen molar-refractivity contribution >= 4 is 15.8 Å². The van der Waals surface area contributed by atoms with Crippen molar-refractivity contribution in [1.29, 1.82) is 0 Å². The maximum atomic E-state index is 12.3. The van der Waals surface area contributed by atoms with Crippen molar-refractivity contribution in [3.8, 4) is 0 Å². The third kappa shape index (κ3) is 5.74. The fraction of sp³-hybridized carbons (Fsp3) is 0.722. The Hall–Kier alpha value is -1.54. The van der Waals surface area contributed by atoms with Gasteiger partial charge in [0.15, 0.2) is 15.8 Å². The lowest BCUT2D eigenvalue weighted by atomic mass is 10.2. The van der Waals surface area contributed by atoms with Crippen LogP contribution in [0.3, 0.4) is 0 Å². The van der Waals surface area contributed by atoms with Crippen LogP contribution in [0.4, 0.5) is 0 Å². The third-order valence-electron chi connectivity index (χ3n) is 4.49. The molecule has 0 bridgehead atoms. The molecule has 0 unspecified atom stereocenters. The molecule has 0 aliphatic carbocycles. The first-order valence-electron chi connectivity index (χ1n) is 9.21. The molecule has 148 valence electrons. The summed E-state index contributed by atoms with van der Waals surface area (Å²) in [7, 11) is -3.08. The molecule has 0 spiro atoms. The number of rotatable bonds is 8. The molecule has 0 amide bonds. The number of nitrogens with zero attached hydrogens (tertiary/aromatic N) is 2. The Morgan fingerprint density at radius 3 is 2.92 bits per heavy atom. The summed E-state index contributed by atoms with van der Waals surface area (Å²) in [6.07, 6.45) is 3.25. The van der Waals surface area contributed by atoms with E-state index in [0.717, 1.165) is 24.6 Å². The first-order chi connectivity index (χ1) is 12.4. The molecule has 2 rings (SSSR count). The molecule has 1 aromatic heterocycles. The third-order valence-corrected chi connectivity index (χ3v) is 7.02. The van der Waals surface area contributed by atoms with Gasteiger partial charge in [-0.3, -0.25) is 4.99 Å². The number of aliphatic imine (C=N–C) groups is 1. The monoisotopic (exact) mass is 385 g/mol. The van der Waals surface area contributed by atoms with Gasteiger partial charge in [0.05, 0.1) is 16.8 Å². The van der Waals surface area contributed by atoms with Crippen LogP contribution in [0.2, 0.25) is 0 Å². The van der Waals surface area contributed by atoms with Crippen molar-refractivity contribution in [1.82, 2.24) is 10.2 Å². The fourth-order valence-corrected chi connectivity index (χ4v) is 4.21. The van der Waals surface area contributed by atoms with Crippen LogP contribution in [-0.2, 0) is 21.0 Å². The van der Waals surface area contributed by atoms with Crippen molar-refractivity contribution in [3.05, 3.63) is 24.2 Å². The Morgan fingerprint density at radius 2 is 2.27 bits per heavy atom. The van der Waals surface area contributed by atoms with Crippen LogP contribution in [0.1, 0.15) is 33.0 Å². The fourth-order valence-electron chi connectivity index (χ4n) is 2.84. The van der Waals surface area contributed by atoms with E-state index in [1.807, 2.05) is 24.0 Å². The van der Waals surface area contributed by atoms with E-state index in [1.165, 1.54) is 0 Å². The topological polar surface area (TPSA) is 84.1 Å². The lowest BCUT2D eigenvalue weighted by molar-refractivity contribution is 0.146. The number of nitrogens with one attached hydrogen (secondary N) is 1. The van der Waals surface area contributed by atoms with Crippen LogP contribution in [0.5, 0.6) is 0 Å². The first kappa shape index (κ1) is 20.8. The minimum Gasteiger partial charge on any atom is -0.469 e. The van der Waals surface area contributed by atoms with E-state index in [4.69, 9.17) is 9.15 Å². The number of furan rings is 1. The highest BCUT2D eigenvalue weighted by atomic mass is 32.2. The van der Waals surface area contributed by atoms with Gasteiger partial charge >= 0.3 is 0 Å². The molecule has 26 heavy (non-hydrogen) atoms. The van der Waals surface area contributed by atoms with Gasteiger partial charge in [-0.2, -0.15) is 0 Å². The molecule has 0 radical (unpaired) electrons.